The molecule has 0 fully saturated rings. The summed E-state index contributed by atoms with van der Waals surface area (Å²) in [6, 6.07) is 17.6. The molecular weight excluding hydrogens is 514 g/mol. The van der Waals surface area contributed by atoms with E-state index in [1.807, 2.05) is 24.3 Å². The highest BCUT2D eigenvalue weighted by atomic mass is 32.1. The summed E-state index contributed by atoms with van der Waals surface area (Å²) < 4.78 is 8.65. The molecule has 0 saturated heterocycles. The van der Waals surface area contributed by atoms with Crippen LogP contribution >= 0.6 is 11.3 Å². The van der Waals surface area contributed by atoms with E-state index in [1.165, 1.54) is 6.92 Å². The molecule has 11 heteroatoms. The maximum absolute atomic E-state index is 13.0. The predicted octanol–water partition coefficient (Wildman–Crippen LogP) is 6.57. The molecule has 10 nitrogen and oxygen atoms in total. The Morgan fingerprint density at radius 3 is 2.44 bits per heavy atom. The molecular formula is C28H27N7O3S. The normalized spacial score (nSPS) is 11.3. The van der Waals surface area contributed by atoms with Gasteiger partial charge in [0.1, 0.15) is 23.1 Å². The van der Waals surface area contributed by atoms with Crippen molar-refractivity contribution >= 4 is 50.8 Å². The standard InChI is InChI=1S/C28H27N7O3S/c1-17(36)31-25-14-21(11-12-29-25)38-20-8-5-18(6-9-20)32-27(37)33-26-15-24(28(2,3)4)34-35(26)19-7-10-23-22(13-19)30-16-39-23/h5-16H,1-4H3,(H,29,31,36)(H2,32,33,37). The fourth-order valence-corrected chi connectivity index (χ4v) is 4.41. The third kappa shape index (κ3) is 6.21. The van der Waals surface area contributed by atoms with Gasteiger partial charge in [-0.25, -0.2) is 19.4 Å². The number of carbonyl (C=O) groups is 2. The third-order valence-corrected chi connectivity index (χ3v) is 6.47. The highest BCUT2D eigenvalue weighted by molar-refractivity contribution is 7.16. The van der Waals surface area contributed by atoms with Gasteiger partial charge in [-0.05, 0) is 48.5 Å². The molecule has 0 saturated carbocycles. The number of hydrogen-bond donors (Lipinski definition) is 3. The zero-order valence-electron chi connectivity index (χ0n) is 21.9. The van der Waals surface area contributed by atoms with Crippen LogP contribution in [-0.4, -0.2) is 31.7 Å². The van der Waals surface area contributed by atoms with Crippen molar-refractivity contribution in [2.24, 2.45) is 0 Å². The van der Waals surface area contributed by atoms with E-state index < -0.39 is 6.03 Å². The quantitative estimate of drug-likeness (QED) is 0.223. The molecule has 0 radical (unpaired) electrons. The highest BCUT2D eigenvalue weighted by Gasteiger charge is 2.22. The summed E-state index contributed by atoms with van der Waals surface area (Å²) in [5, 5.41) is 13.2. The van der Waals surface area contributed by atoms with Crippen LogP contribution in [0.2, 0.25) is 0 Å². The molecule has 5 rings (SSSR count). The van der Waals surface area contributed by atoms with Gasteiger partial charge in [0.15, 0.2) is 0 Å². The molecule has 198 valence electrons. The lowest BCUT2D eigenvalue weighted by Gasteiger charge is -2.14. The fourth-order valence-electron chi connectivity index (χ4n) is 3.76. The van der Waals surface area contributed by atoms with Gasteiger partial charge >= 0.3 is 6.03 Å². The first kappa shape index (κ1) is 25.9. The third-order valence-electron chi connectivity index (χ3n) is 5.66. The Morgan fingerprint density at radius 2 is 1.69 bits per heavy atom. The van der Waals surface area contributed by atoms with Crippen LogP contribution in [0.4, 0.5) is 22.1 Å². The number of nitrogens with one attached hydrogen (secondary N) is 3. The van der Waals surface area contributed by atoms with E-state index in [0.29, 0.717) is 28.8 Å². The Kier molecular flexibility index (Phi) is 6.99. The van der Waals surface area contributed by atoms with Crippen molar-refractivity contribution in [1.82, 2.24) is 19.7 Å². The Bertz CT molecular complexity index is 1650. The molecule has 5 aromatic rings. The largest absolute Gasteiger partial charge is 0.457 e. The number of aromatic nitrogens is 4. The van der Waals surface area contributed by atoms with Gasteiger partial charge in [0.25, 0.3) is 0 Å². The number of nitrogens with zero attached hydrogens (tertiary/aromatic N) is 4. The summed E-state index contributed by atoms with van der Waals surface area (Å²) in [6.07, 6.45) is 1.55. The van der Waals surface area contributed by atoms with Crippen LogP contribution in [0.1, 0.15) is 33.4 Å². The lowest BCUT2D eigenvalue weighted by Crippen LogP contribution is -2.21. The van der Waals surface area contributed by atoms with E-state index in [9.17, 15) is 9.59 Å². The molecule has 3 N–H and O–H groups in total. The summed E-state index contributed by atoms with van der Waals surface area (Å²) in [5.74, 6) is 1.80. The molecule has 3 heterocycles. The van der Waals surface area contributed by atoms with Crippen molar-refractivity contribution in [3.05, 3.63) is 78.1 Å². The Balaban J connectivity index is 1.30. The van der Waals surface area contributed by atoms with Crippen molar-refractivity contribution in [3.63, 3.8) is 0 Å². The molecule has 0 bridgehead atoms. The minimum Gasteiger partial charge on any atom is -0.457 e. The van der Waals surface area contributed by atoms with Gasteiger partial charge < -0.3 is 15.4 Å². The molecule has 3 amide bonds. The summed E-state index contributed by atoms with van der Waals surface area (Å²) in [7, 11) is 0. The lowest BCUT2D eigenvalue weighted by molar-refractivity contribution is -0.114. The topological polar surface area (TPSA) is 123 Å². The van der Waals surface area contributed by atoms with E-state index in [4.69, 9.17) is 9.84 Å². The number of ether oxygens (including phenoxy) is 1. The van der Waals surface area contributed by atoms with Crippen LogP contribution in [0.25, 0.3) is 15.9 Å². The van der Waals surface area contributed by atoms with E-state index in [-0.39, 0.29) is 11.3 Å². The molecule has 39 heavy (non-hydrogen) atoms. The minimum absolute atomic E-state index is 0.212. The van der Waals surface area contributed by atoms with E-state index in [2.05, 4.69) is 46.7 Å². The molecule has 0 atom stereocenters. The predicted molar refractivity (Wildman–Crippen MR) is 153 cm³/mol. The van der Waals surface area contributed by atoms with Gasteiger partial charge in [-0.15, -0.1) is 11.3 Å². The van der Waals surface area contributed by atoms with Crippen LogP contribution in [-0.2, 0) is 10.2 Å². The van der Waals surface area contributed by atoms with Crippen molar-refractivity contribution in [1.29, 1.82) is 0 Å². The van der Waals surface area contributed by atoms with Crippen LogP contribution in [0.15, 0.2) is 72.4 Å². The van der Waals surface area contributed by atoms with Crippen LogP contribution in [0.3, 0.4) is 0 Å². The van der Waals surface area contributed by atoms with E-state index in [1.54, 1.807) is 64.1 Å². The second kappa shape index (κ2) is 10.5. The Morgan fingerprint density at radius 1 is 0.897 bits per heavy atom. The smallest absolute Gasteiger partial charge is 0.324 e. The van der Waals surface area contributed by atoms with Crippen molar-refractivity contribution in [2.75, 3.05) is 16.0 Å². The van der Waals surface area contributed by atoms with Crippen LogP contribution in [0, 0.1) is 0 Å². The van der Waals surface area contributed by atoms with Gasteiger partial charge in [0.2, 0.25) is 5.91 Å². The molecule has 0 aliphatic carbocycles. The fraction of sp³-hybridized carbons (Fsp3) is 0.179. The molecule has 0 aliphatic rings. The lowest BCUT2D eigenvalue weighted by atomic mass is 9.92. The second-order valence-electron chi connectivity index (χ2n) is 9.84. The average molecular weight is 542 g/mol. The maximum atomic E-state index is 13.0. The first-order valence-corrected chi connectivity index (χ1v) is 13.1. The Labute approximate surface area is 229 Å². The number of hydrogen-bond acceptors (Lipinski definition) is 7. The number of thiazole rings is 1. The molecule has 0 aliphatic heterocycles. The van der Waals surface area contributed by atoms with Crippen molar-refractivity contribution in [2.45, 2.75) is 33.1 Å². The number of rotatable bonds is 6. The van der Waals surface area contributed by atoms with Crippen molar-refractivity contribution < 1.29 is 14.3 Å². The number of anilines is 3. The second-order valence-corrected chi connectivity index (χ2v) is 10.7. The van der Waals surface area contributed by atoms with Gasteiger partial charge in [0, 0.05) is 36.4 Å². The number of urea groups is 1. The molecule has 3 aromatic heterocycles. The first-order chi connectivity index (χ1) is 18.6. The molecule has 2 aromatic carbocycles. The molecule has 0 unspecified atom stereocenters. The van der Waals surface area contributed by atoms with Crippen LogP contribution in [0.5, 0.6) is 11.5 Å². The molecule has 0 spiro atoms. The summed E-state index contributed by atoms with van der Waals surface area (Å²) in [6.45, 7) is 7.63. The number of pyridine rings is 1. The number of benzene rings is 2. The van der Waals surface area contributed by atoms with Crippen molar-refractivity contribution in [3.8, 4) is 17.2 Å². The summed E-state index contributed by atoms with van der Waals surface area (Å²) >= 11 is 1.57. The minimum atomic E-state index is -0.408. The van der Waals surface area contributed by atoms with Gasteiger partial charge in [-0.3, -0.25) is 10.1 Å². The SMILES string of the molecule is CC(=O)Nc1cc(Oc2ccc(NC(=O)Nc3cc(C(C)(C)C)nn3-c3ccc4scnc4c3)cc2)ccn1. The summed E-state index contributed by atoms with van der Waals surface area (Å²) in [4.78, 5) is 32.7. The zero-order chi connectivity index (χ0) is 27.6. The average Bonchev–Trinajstić information content (AvgIpc) is 3.51. The number of amides is 3. The zero-order valence-corrected chi connectivity index (χ0v) is 22.7. The number of fused-ring (bicyclic) bond motifs is 1. The first-order valence-electron chi connectivity index (χ1n) is 12.2. The monoisotopic (exact) mass is 541 g/mol. The van der Waals surface area contributed by atoms with E-state index in [0.717, 1.165) is 21.6 Å². The van der Waals surface area contributed by atoms with Gasteiger partial charge in [0.05, 0.1) is 27.1 Å². The van der Waals surface area contributed by atoms with Crippen LogP contribution < -0.4 is 20.7 Å². The maximum Gasteiger partial charge on any atom is 0.324 e. The van der Waals surface area contributed by atoms with E-state index >= 15 is 0 Å². The Hall–Kier alpha value is -4.77. The van der Waals surface area contributed by atoms with Gasteiger partial charge in [-0.2, -0.15) is 5.10 Å². The van der Waals surface area contributed by atoms with Gasteiger partial charge in [-0.1, -0.05) is 20.8 Å². The number of carbonyl (C=O) groups excluding carboxylic acids is 2. The summed E-state index contributed by atoms with van der Waals surface area (Å²) in [5.41, 5.74) is 4.70. The highest BCUT2D eigenvalue weighted by Crippen LogP contribution is 2.29.